The maximum absolute atomic E-state index is 12.5. The summed E-state index contributed by atoms with van der Waals surface area (Å²) >= 11 is 0. The molecule has 1 saturated heterocycles. The maximum atomic E-state index is 12.5. The predicted molar refractivity (Wildman–Crippen MR) is 106 cm³/mol. The molecular weight excluding hydrogens is 399 g/mol. The van der Waals surface area contributed by atoms with Gasteiger partial charge in [0, 0.05) is 12.3 Å². The molecule has 0 spiro atoms. The van der Waals surface area contributed by atoms with Crippen LogP contribution in [0.4, 0.5) is 0 Å². The first-order chi connectivity index (χ1) is 13.8. The zero-order valence-corrected chi connectivity index (χ0v) is 17.3. The van der Waals surface area contributed by atoms with E-state index >= 15 is 0 Å². The largest absolute Gasteiger partial charge is 0.497 e. The van der Waals surface area contributed by atoms with Gasteiger partial charge >= 0.3 is 0 Å². The summed E-state index contributed by atoms with van der Waals surface area (Å²) in [6.45, 7) is 0. The van der Waals surface area contributed by atoms with Crippen LogP contribution < -0.4 is 9.47 Å². The fourth-order valence-electron chi connectivity index (χ4n) is 3.65. The van der Waals surface area contributed by atoms with Crippen LogP contribution in [0.15, 0.2) is 35.9 Å². The fraction of sp³-hybridized carbons (Fsp3) is 0.600. The lowest BCUT2D eigenvalue weighted by atomic mass is 9.97. The lowest BCUT2D eigenvalue weighted by molar-refractivity contribution is -0.272. The molecule has 1 aromatic rings. The highest BCUT2D eigenvalue weighted by Crippen LogP contribution is 2.45. The van der Waals surface area contributed by atoms with Crippen LogP contribution in [-0.2, 0) is 9.30 Å². The highest BCUT2D eigenvalue weighted by molar-refractivity contribution is 7.58. The SMILES string of the molecule is COc1ccc(OC2O[C@H](CCP(=O)(O)CC3=CCCC3)[C@@H](O)[C@H](O)[C@@H]2O)cc1. The van der Waals surface area contributed by atoms with Crippen LogP contribution >= 0.6 is 7.37 Å². The molecule has 0 amide bonds. The van der Waals surface area contributed by atoms with E-state index in [1.807, 2.05) is 6.08 Å². The van der Waals surface area contributed by atoms with Crippen molar-refractivity contribution in [2.24, 2.45) is 0 Å². The molecule has 1 aliphatic heterocycles. The van der Waals surface area contributed by atoms with Gasteiger partial charge in [0.25, 0.3) is 0 Å². The van der Waals surface area contributed by atoms with Crippen molar-refractivity contribution in [2.45, 2.75) is 56.4 Å². The van der Waals surface area contributed by atoms with Crippen molar-refractivity contribution in [1.82, 2.24) is 0 Å². The minimum absolute atomic E-state index is 0.0515. The van der Waals surface area contributed by atoms with Gasteiger partial charge in [-0.25, -0.2) is 0 Å². The van der Waals surface area contributed by atoms with E-state index in [-0.39, 0.29) is 18.7 Å². The van der Waals surface area contributed by atoms with Gasteiger partial charge in [-0.2, -0.15) is 0 Å². The zero-order chi connectivity index (χ0) is 21.0. The molecule has 1 aromatic carbocycles. The zero-order valence-electron chi connectivity index (χ0n) is 16.4. The Balaban J connectivity index is 1.61. The number of rotatable bonds is 8. The summed E-state index contributed by atoms with van der Waals surface area (Å²) in [5, 5.41) is 30.6. The van der Waals surface area contributed by atoms with Crippen molar-refractivity contribution in [3.63, 3.8) is 0 Å². The average molecular weight is 428 g/mol. The van der Waals surface area contributed by atoms with Crippen molar-refractivity contribution in [1.29, 1.82) is 0 Å². The van der Waals surface area contributed by atoms with Crippen molar-refractivity contribution >= 4 is 7.37 Å². The van der Waals surface area contributed by atoms with E-state index in [9.17, 15) is 24.8 Å². The Morgan fingerprint density at radius 1 is 1.10 bits per heavy atom. The standard InChI is InChI=1S/C20H29O8P/c1-26-14-6-8-15(9-7-14)27-20-19(23)18(22)17(21)16(28-20)10-11-29(24,25)12-13-4-2-3-5-13/h4,6-9,16-23H,2-3,5,10-12H2,1H3,(H,24,25)/t16-,17-,18+,19+,20?/m1/s1. The fourth-order valence-corrected chi connectivity index (χ4v) is 5.39. The van der Waals surface area contributed by atoms with Crippen LogP contribution in [0.1, 0.15) is 25.7 Å². The Morgan fingerprint density at radius 3 is 2.41 bits per heavy atom. The molecule has 2 aliphatic rings. The molecule has 0 radical (unpaired) electrons. The third-order valence-electron chi connectivity index (χ3n) is 5.33. The Bertz CT molecular complexity index is 749. The lowest BCUT2D eigenvalue weighted by Crippen LogP contribution is -2.59. The van der Waals surface area contributed by atoms with Gasteiger partial charge in [0.2, 0.25) is 13.7 Å². The molecule has 0 bridgehead atoms. The van der Waals surface area contributed by atoms with Crippen LogP contribution in [0.3, 0.4) is 0 Å². The molecule has 1 fully saturated rings. The molecule has 1 heterocycles. The second-order valence-corrected chi connectivity index (χ2v) is 10.0. The molecule has 1 aliphatic carbocycles. The highest BCUT2D eigenvalue weighted by atomic mass is 31.2. The first kappa shape index (κ1) is 22.3. The van der Waals surface area contributed by atoms with E-state index in [1.54, 1.807) is 24.3 Å². The molecule has 9 heteroatoms. The van der Waals surface area contributed by atoms with Crippen molar-refractivity contribution in [3.05, 3.63) is 35.9 Å². The van der Waals surface area contributed by atoms with Gasteiger partial charge < -0.3 is 34.4 Å². The number of aliphatic hydroxyl groups excluding tert-OH is 3. The summed E-state index contributed by atoms with van der Waals surface area (Å²) in [7, 11) is -1.89. The normalized spacial score (nSPS) is 31.8. The third-order valence-corrected chi connectivity index (χ3v) is 7.19. The Kier molecular flexibility index (Phi) is 7.37. The second kappa shape index (κ2) is 9.60. The molecule has 2 unspecified atom stereocenters. The van der Waals surface area contributed by atoms with E-state index in [0.29, 0.717) is 11.5 Å². The Labute approximate surface area is 170 Å². The van der Waals surface area contributed by atoms with Gasteiger partial charge in [-0.3, -0.25) is 4.57 Å². The summed E-state index contributed by atoms with van der Waals surface area (Å²) in [5.41, 5.74) is 0.997. The van der Waals surface area contributed by atoms with Gasteiger partial charge in [0.15, 0.2) is 0 Å². The first-order valence-electron chi connectivity index (χ1n) is 9.78. The van der Waals surface area contributed by atoms with E-state index < -0.39 is 38.1 Å². The van der Waals surface area contributed by atoms with Gasteiger partial charge in [0.1, 0.15) is 29.8 Å². The molecule has 0 saturated carbocycles. The molecule has 29 heavy (non-hydrogen) atoms. The van der Waals surface area contributed by atoms with Crippen molar-refractivity contribution in [3.8, 4) is 11.5 Å². The summed E-state index contributed by atoms with van der Waals surface area (Å²) in [6.07, 6.45) is -1.54. The summed E-state index contributed by atoms with van der Waals surface area (Å²) in [6, 6.07) is 6.59. The topological polar surface area (TPSA) is 126 Å². The van der Waals surface area contributed by atoms with E-state index in [2.05, 4.69) is 0 Å². The summed E-state index contributed by atoms with van der Waals surface area (Å²) in [4.78, 5) is 10.3. The number of allylic oxidation sites excluding steroid dienone is 2. The average Bonchev–Trinajstić information content (AvgIpc) is 3.20. The molecule has 3 rings (SSSR count). The van der Waals surface area contributed by atoms with Crippen LogP contribution in [0.25, 0.3) is 0 Å². The molecule has 8 nitrogen and oxygen atoms in total. The summed E-state index contributed by atoms with van der Waals surface area (Å²) in [5.74, 6) is 1.02. The predicted octanol–water partition coefficient (Wildman–Crippen LogP) is 1.65. The van der Waals surface area contributed by atoms with Crippen LogP contribution in [0, 0.1) is 0 Å². The van der Waals surface area contributed by atoms with Crippen molar-refractivity contribution in [2.75, 3.05) is 19.4 Å². The maximum Gasteiger partial charge on any atom is 0.229 e. The number of ether oxygens (including phenoxy) is 3. The van der Waals surface area contributed by atoms with Gasteiger partial charge in [-0.15, -0.1) is 0 Å². The molecular formula is C20H29O8P. The third kappa shape index (κ3) is 5.81. The van der Waals surface area contributed by atoms with Crippen LogP contribution in [0.5, 0.6) is 11.5 Å². The van der Waals surface area contributed by atoms with E-state index in [1.165, 1.54) is 7.11 Å². The Morgan fingerprint density at radius 2 is 1.79 bits per heavy atom. The number of hydrogen-bond acceptors (Lipinski definition) is 7. The molecule has 6 atom stereocenters. The van der Waals surface area contributed by atoms with E-state index in [4.69, 9.17) is 14.2 Å². The highest BCUT2D eigenvalue weighted by Gasteiger charge is 2.45. The smallest absolute Gasteiger partial charge is 0.229 e. The molecule has 0 aromatic heterocycles. The van der Waals surface area contributed by atoms with Gasteiger partial charge in [0.05, 0.1) is 13.2 Å². The van der Waals surface area contributed by atoms with E-state index in [0.717, 1.165) is 24.8 Å². The Hall–Kier alpha value is -1.41. The minimum atomic E-state index is -3.42. The number of aliphatic hydroxyl groups is 3. The number of methoxy groups -OCH3 is 1. The first-order valence-corrected chi connectivity index (χ1v) is 11.8. The minimum Gasteiger partial charge on any atom is -0.497 e. The van der Waals surface area contributed by atoms with Crippen LogP contribution in [-0.4, -0.2) is 70.4 Å². The van der Waals surface area contributed by atoms with Crippen molar-refractivity contribution < 1.29 is 39.0 Å². The van der Waals surface area contributed by atoms with Crippen LogP contribution in [0.2, 0.25) is 0 Å². The molecule has 162 valence electrons. The monoisotopic (exact) mass is 428 g/mol. The molecule has 4 N–H and O–H groups in total. The second-order valence-electron chi connectivity index (χ2n) is 7.58. The lowest BCUT2D eigenvalue weighted by Gasteiger charge is -2.40. The number of benzene rings is 1. The van der Waals surface area contributed by atoms with Gasteiger partial charge in [-0.1, -0.05) is 11.6 Å². The number of hydrogen-bond donors (Lipinski definition) is 4. The summed E-state index contributed by atoms with van der Waals surface area (Å²) < 4.78 is 28.9. The quantitative estimate of drug-likeness (QED) is 0.364. The van der Waals surface area contributed by atoms with Gasteiger partial charge in [-0.05, 0) is 49.9 Å².